The first-order valence-corrected chi connectivity index (χ1v) is 7.11. The Hall–Kier alpha value is -1.17. The van der Waals surface area contributed by atoms with Crippen molar-refractivity contribution in [3.8, 4) is 5.75 Å². The van der Waals surface area contributed by atoms with Gasteiger partial charge in [-0.15, -0.1) is 0 Å². The Labute approximate surface area is 119 Å². The number of rotatable bonds is 7. The number of hydrogen-bond donors (Lipinski definition) is 0. The van der Waals surface area contributed by atoms with E-state index in [1.54, 1.807) is 17.0 Å². The Balaban J connectivity index is 2.96. The number of benzene rings is 1. The van der Waals surface area contributed by atoms with Gasteiger partial charge in [0.05, 0.1) is 5.56 Å². The molecule has 3 nitrogen and oxygen atoms in total. The van der Waals surface area contributed by atoms with E-state index < -0.39 is 6.61 Å². The molecule has 0 aromatic heterocycles. The van der Waals surface area contributed by atoms with Crippen molar-refractivity contribution in [2.75, 3.05) is 18.4 Å². The number of carbonyl (C=O) groups is 1. The Kier molecular flexibility index (Phi) is 6.77. The molecule has 0 radical (unpaired) electrons. The molecule has 0 heterocycles. The van der Waals surface area contributed by atoms with Crippen LogP contribution in [0.3, 0.4) is 0 Å². The molecule has 1 rings (SSSR count). The Morgan fingerprint density at radius 2 is 2.05 bits per heavy atom. The highest BCUT2D eigenvalue weighted by molar-refractivity contribution is 9.09. The molecule has 0 aliphatic rings. The fourth-order valence-electron chi connectivity index (χ4n) is 1.70. The number of hydrogen-bond acceptors (Lipinski definition) is 2. The van der Waals surface area contributed by atoms with Gasteiger partial charge in [-0.1, -0.05) is 35.0 Å². The summed E-state index contributed by atoms with van der Waals surface area (Å²) in [6, 6.07) is 6.06. The minimum Gasteiger partial charge on any atom is -0.434 e. The van der Waals surface area contributed by atoms with Crippen LogP contribution in [-0.4, -0.2) is 35.8 Å². The van der Waals surface area contributed by atoms with Crippen LogP contribution >= 0.6 is 15.9 Å². The van der Waals surface area contributed by atoms with Crippen molar-refractivity contribution in [1.82, 2.24) is 4.90 Å². The van der Waals surface area contributed by atoms with Gasteiger partial charge in [0.25, 0.3) is 5.91 Å². The van der Waals surface area contributed by atoms with Gasteiger partial charge in [-0.25, -0.2) is 0 Å². The third-order valence-corrected chi connectivity index (χ3v) is 2.82. The highest BCUT2D eigenvalue weighted by atomic mass is 79.9. The van der Waals surface area contributed by atoms with E-state index in [-0.39, 0.29) is 17.2 Å². The van der Waals surface area contributed by atoms with Gasteiger partial charge in [-0.2, -0.15) is 8.78 Å². The number of carbonyl (C=O) groups excluding carboxylic acids is 1. The molecule has 0 saturated heterocycles. The van der Waals surface area contributed by atoms with Crippen molar-refractivity contribution in [2.24, 2.45) is 0 Å². The van der Waals surface area contributed by atoms with Crippen molar-refractivity contribution in [3.63, 3.8) is 0 Å². The monoisotopic (exact) mass is 335 g/mol. The Morgan fingerprint density at radius 1 is 1.37 bits per heavy atom. The van der Waals surface area contributed by atoms with E-state index in [9.17, 15) is 13.6 Å². The second-order valence-corrected chi connectivity index (χ2v) is 4.65. The van der Waals surface area contributed by atoms with Gasteiger partial charge in [0, 0.05) is 18.4 Å². The normalized spacial score (nSPS) is 10.6. The molecule has 1 aromatic rings. The molecule has 106 valence electrons. The van der Waals surface area contributed by atoms with Gasteiger partial charge >= 0.3 is 6.61 Å². The fraction of sp³-hybridized carbons (Fsp3) is 0.462. The second kappa shape index (κ2) is 8.09. The summed E-state index contributed by atoms with van der Waals surface area (Å²) in [6.45, 7) is 0.115. The van der Waals surface area contributed by atoms with E-state index in [0.717, 1.165) is 6.42 Å². The van der Waals surface area contributed by atoms with Crippen LogP contribution in [-0.2, 0) is 0 Å². The lowest BCUT2D eigenvalue weighted by Crippen LogP contribution is -2.33. The van der Waals surface area contributed by atoms with Gasteiger partial charge in [0.2, 0.25) is 0 Å². The van der Waals surface area contributed by atoms with E-state index >= 15 is 0 Å². The van der Waals surface area contributed by atoms with Crippen LogP contribution in [0.25, 0.3) is 0 Å². The van der Waals surface area contributed by atoms with Crippen molar-refractivity contribution in [2.45, 2.75) is 20.0 Å². The largest absolute Gasteiger partial charge is 0.434 e. The topological polar surface area (TPSA) is 29.5 Å². The molecule has 0 bridgehead atoms. The van der Waals surface area contributed by atoms with E-state index in [2.05, 4.69) is 20.7 Å². The van der Waals surface area contributed by atoms with Gasteiger partial charge in [-0.05, 0) is 18.6 Å². The molecule has 0 N–H and O–H groups in total. The van der Waals surface area contributed by atoms with E-state index in [1.807, 2.05) is 6.92 Å². The van der Waals surface area contributed by atoms with Crippen LogP contribution in [0, 0.1) is 0 Å². The maximum atomic E-state index is 12.3. The van der Waals surface area contributed by atoms with Gasteiger partial charge in [0.15, 0.2) is 0 Å². The van der Waals surface area contributed by atoms with Crippen LogP contribution in [0.15, 0.2) is 24.3 Å². The quantitative estimate of drug-likeness (QED) is 0.713. The minimum atomic E-state index is -2.94. The lowest BCUT2D eigenvalue weighted by atomic mass is 10.1. The first-order chi connectivity index (χ1) is 9.10. The van der Waals surface area contributed by atoms with Crippen molar-refractivity contribution in [3.05, 3.63) is 29.8 Å². The highest BCUT2D eigenvalue weighted by Crippen LogP contribution is 2.22. The molecule has 0 unspecified atom stereocenters. The zero-order valence-corrected chi connectivity index (χ0v) is 12.2. The van der Waals surface area contributed by atoms with E-state index in [0.29, 0.717) is 18.4 Å². The molecule has 0 aliphatic carbocycles. The SMILES string of the molecule is CCCN(CCBr)C(=O)c1ccccc1OC(F)F. The Bertz CT molecular complexity index is 409. The number of ether oxygens (including phenoxy) is 1. The van der Waals surface area contributed by atoms with Crippen LogP contribution in [0.4, 0.5) is 8.78 Å². The molecule has 0 saturated carbocycles. The third-order valence-electron chi connectivity index (χ3n) is 2.47. The molecule has 1 amide bonds. The number of para-hydroxylation sites is 1. The third kappa shape index (κ3) is 4.78. The smallest absolute Gasteiger partial charge is 0.387 e. The zero-order valence-electron chi connectivity index (χ0n) is 10.6. The average Bonchev–Trinajstić information content (AvgIpc) is 2.38. The van der Waals surface area contributed by atoms with Gasteiger partial charge in [0.1, 0.15) is 5.75 Å². The van der Waals surface area contributed by atoms with Crippen LogP contribution in [0.2, 0.25) is 0 Å². The van der Waals surface area contributed by atoms with E-state index in [4.69, 9.17) is 0 Å². The standard InChI is InChI=1S/C13H16BrF2NO2/c1-2-8-17(9-7-14)12(18)10-5-3-4-6-11(10)19-13(15)16/h3-6,13H,2,7-9H2,1H3. The zero-order chi connectivity index (χ0) is 14.3. The van der Waals surface area contributed by atoms with Crippen molar-refractivity contribution >= 4 is 21.8 Å². The average molecular weight is 336 g/mol. The van der Waals surface area contributed by atoms with Crippen molar-refractivity contribution in [1.29, 1.82) is 0 Å². The van der Waals surface area contributed by atoms with Gasteiger partial charge < -0.3 is 9.64 Å². The van der Waals surface area contributed by atoms with Gasteiger partial charge in [-0.3, -0.25) is 4.79 Å². The van der Waals surface area contributed by atoms with E-state index in [1.165, 1.54) is 12.1 Å². The summed E-state index contributed by atoms with van der Waals surface area (Å²) >= 11 is 3.27. The van der Waals surface area contributed by atoms with Crippen LogP contribution < -0.4 is 4.74 Å². The molecule has 0 aliphatic heterocycles. The number of amides is 1. The summed E-state index contributed by atoms with van der Waals surface area (Å²) in [7, 11) is 0. The van der Waals surface area contributed by atoms with Crippen molar-refractivity contribution < 1.29 is 18.3 Å². The summed E-state index contributed by atoms with van der Waals surface area (Å²) in [6.07, 6.45) is 0.802. The molecule has 0 atom stereocenters. The molecule has 6 heteroatoms. The maximum Gasteiger partial charge on any atom is 0.387 e. The number of halogens is 3. The summed E-state index contributed by atoms with van der Waals surface area (Å²) in [5.41, 5.74) is 0.164. The summed E-state index contributed by atoms with van der Waals surface area (Å²) < 4.78 is 29.0. The first-order valence-electron chi connectivity index (χ1n) is 5.99. The number of nitrogens with zero attached hydrogens (tertiary/aromatic N) is 1. The summed E-state index contributed by atoms with van der Waals surface area (Å²) in [5.74, 6) is -0.379. The predicted molar refractivity (Wildman–Crippen MR) is 73.1 cm³/mol. The number of alkyl halides is 3. The molecule has 19 heavy (non-hydrogen) atoms. The Morgan fingerprint density at radius 3 is 2.63 bits per heavy atom. The predicted octanol–water partition coefficient (Wildman–Crippen LogP) is 3.54. The maximum absolute atomic E-state index is 12.3. The molecule has 0 spiro atoms. The lowest BCUT2D eigenvalue weighted by Gasteiger charge is -2.22. The highest BCUT2D eigenvalue weighted by Gasteiger charge is 2.20. The fourth-order valence-corrected chi connectivity index (χ4v) is 2.13. The lowest BCUT2D eigenvalue weighted by molar-refractivity contribution is -0.0502. The molecular formula is C13H16BrF2NO2. The van der Waals surface area contributed by atoms with Crippen LogP contribution in [0.5, 0.6) is 5.75 Å². The minimum absolute atomic E-state index is 0.0850. The second-order valence-electron chi connectivity index (χ2n) is 3.86. The first kappa shape index (κ1) is 15.9. The molecule has 0 fully saturated rings. The summed E-state index contributed by atoms with van der Waals surface area (Å²) in [4.78, 5) is 13.9. The summed E-state index contributed by atoms with van der Waals surface area (Å²) in [5, 5.41) is 0.636. The molecule has 1 aromatic carbocycles. The van der Waals surface area contributed by atoms with Crippen LogP contribution in [0.1, 0.15) is 23.7 Å². The molecular weight excluding hydrogens is 320 g/mol.